The van der Waals surface area contributed by atoms with Crippen LogP contribution >= 0.6 is 11.3 Å². The highest BCUT2D eigenvalue weighted by Gasteiger charge is 2.05. The van der Waals surface area contributed by atoms with Crippen LogP contribution in [-0.2, 0) is 13.1 Å². The second-order valence-corrected chi connectivity index (χ2v) is 5.71. The average Bonchev–Trinajstić information content (AvgIpc) is 2.86. The summed E-state index contributed by atoms with van der Waals surface area (Å²) in [6, 6.07) is 0.490. The number of aryl methyl sites for hydroxylation is 1. The zero-order valence-corrected chi connectivity index (χ0v) is 11.3. The van der Waals surface area contributed by atoms with E-state index in [1.807, 2.05) is 25.6 Å². The van der Waals surface area contributed by atoms with Gasteiger partial charge in [-0.25, -0.2) is 9.97 Å². The molecule has 0 radical (unpaired) electrons. The maximum absolute atomic E-state index is 4.27. The highest BCUT2D eigenvalue weighted by atomic mass is 32.1. The number of nitrogens with zero attached hydrogens (tertiary/aromatic N) is 3. The van der Waals surface area contributed by atoms with Crippen molar-refractivity contribution in [1.82, 2.24) is 19.9 Å². The third-order valence-corrected chi connectivity index (χ3v) is 3.38. The molecule has 0 saturated heterocycles. The summed E-state index contributed by atoms with van der Waals surface area (Å²) < 4.78 is 2.17. The molecule has 2 heterocycles. The minimum absolute atomic E-state index is 0.490. The molecular weight excluding hydrogens is 232 g/mol. The van der Waals surface area contributed by atoms with Crippen LogP contribution in [0.1, 0.15) is 29.4 Å². The molecule has 2 aromatic rings. The quantitative estimate of drug-likeness (QED) is 0.884. The minimum Gasteiger partial charge on any atom is -0.328 e. The van der Waals surface area contributed by atoms with Crippen LogP contribution < -0.4 is 5.32 Å². The third-order valence-electron chi connectivity index (χ3n) is 2.49. The van der Waals surface area contributed by atoms with E-state index >= 15 is 0 Å². The van der Waals surface area contributed by atoms with Crippen LogP contribution in [-0.4, -0.2) is 20.6 Å². The Balaban J connectivity index is 2.03. The van der Waals surface area contributed by atoms with Gasteiger partial charge in [-0.3, -0.25) is 0 Å². The molecule has 0 saturated carbocycles. The second-order valence-electron chi connectivity index (χ2n) is 4.39. The summed E-state index contributed by atoms with van der Waals surface area (Å²) in [4.78, 5) is 9.75. The van der Waals surface area contributed by atoms with E-state index in [9.17, 15) is 0 Å². The Morgan fingerprint density at radius 3 is 2.88 bits per heavy atom. The van der Waals surface area contributed by atoms with Gasteiger partial charge in [0.1, 0.15) is 0 Å². The normalized spacial score (nSPS) is 11.3. The Kier molecular flexibility index (Phi) is 3.91. The van der Waals surface area contributed by atoms with Crippen molar-refractivity contribution in [3.05, 3.63) is 34.3 Å². The van der Waals surface area contributed by atoms with Crippen LogP contribution in [0.2, 0.25) is 0 Å². The number of hydrogen-bond donors (Lipinski definition) is 1. The summed E-state index contributed by atoms with van der Waals surface area (Å²) in [6.45, 7) is 8.04. The Labute approximate surface area is 106 Å². The molecule has 0 atom stereocenters. The number of thiazole rings is 1. The molecule has 0 amide bonds. The van der Waals surface area contributed by atoms with Gasteiger partial charge in [0.15, 0.2) is 0 Å². The smallest absolute Gasteiger partial charge is 0.0952 e. The molecule has 0 unspecified atom stereocenters. The van der Waals surface area contributed by atoms with Crippen molar-refractivity contribution < 1.29 is 0 Å². The molecule has 4 nitrogen and oxygen atoms in total. The molecule has 1 N–H and O–H groups in total. The summed E-state index contributed by atoms with van der Waals surface area (Å²) in [5.41, 5.74) is 1.21. The van der Waals surface area contributed by atoms with Crippen LogP contribution in [0, 0.1) is 6.92 Å². The van der Waals surface area contributed by atoms with Gasteiger partial charge in [-0.05, 0) is 6.92 Å². The highest BCUT2D eigenvalue weighted by Crippen LogP contribution is 2.14. The van der Waals surface area contributed by atoms with Crippen molar-refractivity contribution in [3.63, 3.8) is 0 Å². The molecule has 0 spiro atoms. The van der Waals surface area contributed by atoms with Crippen LogP contribution in [0.5, 0.6) is 0 Å². The lowest BCUT2D eigenvalue weighted by Gasteiger charge is -2.10. The van der Waals surface area contributed by atoms with Gasteiger partial charge in [-0.1, -0.05) is 13.8 Å². The molecule has 17 heavy (non-hydrogen) atoms. The SMILES string of the molecule is Cc1ncc(Cn2cncc2CNC(C)C)s1. The van der Waals surface area contributed by atoms with E-state index in [0.29, 0.717) is 6.04 Å². The molecule has 5 heteroatoms. The van der Waals surface area contributed by atoms with E-state index in [0.717, 1.165) is 18.1 Å². The van der Waals surface area contributed by atoms with E-state index in [2.05, 4.69) is 33.7 Å². The van der Waals surface area contributed by atoms with Crippen LogP contribution in [0.15, 0.2) is 18.7 Å². The van der Waals surface area contributed by atoms with Gasteiger partial charge in [0.2, 0.25) is 0 Å². The molecule has 92 valence electrons. The van der Waals surface area contributed by atoms with E-state index in [4.69, 9.17) is 0 Å². The van der Waals surface area contributed by atoms with Crippen LogP contribution in [0.3, 0.4) is 0 Å². The monoisotopic (exact) mass is 250 g/mol. The predicted octanol–water partition coefficient (Wildman–Crippen LogP) is 2.19. The molecule has 0 aliphatic heterocycles. The first-order valence-corrected chi connectivity index (χ1v) is 6.60. The number of imidazole rings is 1. The van der Waals surface area contributed by atoms with Crippen molar-refractivity contribution >= 4 is 11.3 Å². The highest BCUT2D eigenvalue weighted by molar-refractivity contribution is 7.11. The van der Waals surface area contributed by atoms with Crippen LogP contribution in [0.4, 0.5) is 0 Å². The third kappa shape index (κ3) is 3.38. The number of hydrogen-bond acceptors (Lipinski definition) is 4. The summed E-state index contributed by atoms with van der Waals surface area (Å²) >= 11 is 1.74. The van der Waals surface area contributed by atoms with E-state index in [-0.39, 0.29) is 0 Å². The van der Waals surface area contributed by atoms with E-state index in [1.165, 1.54) is 10.6 Å². The van der Waals surface area contributed by atoms with Crippen LogP contribution in [0.25, 0.3) is 0 Å². The van der Waals surface area contributed by atoms with E-state index < -0.39 is 0 Å². The lowest BCUT2D eigenvalue weighted by molar-refractivity contribution is 0.565. The molecule has 0 bridgehead atoms. The van der Waals surface area contributed by atoms with Gasteiger partial charge >= 0.3 is 0 Å². The fourth-order valence-corrected chi connectivity index (χ4v) is 2.39. The van der Waals surface area contributed by atoms with Gasteiger partial charge < -0.3 is 9.88 Å². The average molecular weight is 250 g/mol. The predicted molar refractivity (Wildman–Crippen MR) is 70.2 cm³/mol. The van der Waals surface area contributed by atoms with E-state index in [1.54, 1.807) is 11.3 Å². The fraction of sp³-hybridized carbons (Fsp3) is 0.500. The van der Waals surface area contributed by atoms with Gasteiger partial charge in [-0.15, -0.1) is 11.3 Å². The van der Waals surface area contributed by atoms with Crippen molar-refractivity contribution in [2.24, 2.45) is 0 Å². The number of rotatable bonds is 5. The Morgan fingerprint density at radius 2 is 2.24 bits per heavy atom. The van der Waals surface area contributed by atoms with Gasteiger partial charge in [0, 0.05) is 29.9 Å². The first-order chi connectivity index (χ1) is 8.15. The second kappa shape index (κ2) is 5.42. The molecular formula is C12H18N4S. The Hall–Kier alpha value is -1.20. The number of aromatic nitrogens is 3. The maximum Gasteiger partial charge on any atom is 0.0952 e. The first kappa shape index (κ1) is 12.3. The Bertz CT molecular complexity index is 472. The van der Waals surface area contributed by atoms with Crippen molar-refractivity contribution in [1.29, 1.82) is 0 Å². The largest absolute Gasteiger partial charge is 0.328 e. The van der Waals surface area contributed by atoms with Gasteiger partial charge in [-0.2, -0.15) is 0 Å². The zero-order chi connectivity index (χ0) is 12.3. The molecule has 0 aromatic carbocycles. The summed E-state index contributed by atoms with van der Waals surface area (Å²) in [5.74, 6) is 0. The topological polar surface area (TPSA) is 42.7 Å². The molecule has 0 aliphatic carbocycles. The van der Waals surface area contributed by atoms with Crippen molar-refractivity contribution in [2.75, 3.05) is 0 Å². The van der Waals surface area contributed by atoms with Crippen molar-refractivity contribution in [3.8, 4) is 0 Å². The summed E-state index contributed by atoms with van der Waals surface area (Å²) in [5, 5.41) is 4.52. The molecule has 0 aliphatic rings. The molecule has 2 rings (SSSR count). The minimum atomic E-state index is 0.490. The standard InChI is InChI=1S/C12H18N4S/c1-9(2)14-5-11-4-13-8-16(11)7-12-6-15-10(3)17-12/h4,6,8-9,14H,5,7H2,1-3H3. The fourth-order valence-electron chi connectivity index (χ4n) is 1.59. The lowest BCUT2D eigenvalue weighted by atomic mass is 10.3. The van der Waals surface area contributed by atoms with Gasteiger partial charge in [0.25, 0.3) is 0 Å². The molecule has 2 aromatic heterocycles. The maximum atomic E-state index is 4.27. The first-order valence-electron chi connectivity index (χ1n) is 5.79. The Morgan fingerprint density at radius 1 is 1.41 bits per heavy atom. The lowest BCUT2D eigenvalue weighted by Crippen LogP contribution is -2.23. The molecule has 0 fully saturated rings. The van der Waals surface area contributed by atoms with Crippen molar-refractivity contribution in [2.45, 2.75) is 39.9 Å². The summed E-state index contributed by atoms with van der Waals surface area (Å²) in [6.07, 6.45) is 5.75. The number of nitrogens with one attached hydrogen (secondary N) is 1. The van der Waals surface area contributed by atoms with Gasteiger partial charge in [0.05, 0.1) is 23.6 Å². The zero-order valence-electron chi connectivity index (χ0n) is 10.5. The summed E-state index contributed by atoms with van der Waals surface area (Å²) in [7, 11) is 0.